The van der Waals surface area contributed by atoms with E-state index in [1.165, 1.54) is 0 Å². The third-order valence-corrected chi connectivity index (χ3v) is 5.64. The van der Waals surface area contributed by atoms with Crippen molar-refractivity contribution in [2.45, 2.75) is 26.3 Å². The smallest absolute Gasteiger partial charge is 0.215 e. The molecule has 1 heterocycles. The highest BCUT2D eigenvalue weighted by Crippen LogP contribution is 2.12. The molecule has 0 amide bonds. The lowest BCUT2D eigenvalue weighted by molar-refractivity contribution is 0.440. The van der Waals surface area contributed by atoms with Gasteiger partial charge in [-0.1, -0.05) is 6.92 Å². The van der Waals surface area contributed by atoms with E-state index < -0.39 is 10.0 Å². The third-order valence-electron chi connectivity index (χ3n) is 2.83. The molecule has 4 nitrogen and oxygen atoms in total. The first-order valence-corrected chi connectivity index (χ1v) is 8.61. The van der Waals surface area contributed by atoms with Gasteiger partial charge in [0.2, 0.25) is 10.0 Å². The summed E-state index contributed by atoms with van der Waals surface area (Å²) in [4.78, 5) is 0. The van der Waals surface area contributed by atoms with E-state index in [1.807, 2.05) is 11.8 Å². The lowest BCUT2D eigenvalue weighted by atomic mass is 10.3. The molecule has 0 radical (unpaired) electrons. The van der Waals surface area contributed by atoms with E-state index in [4.69, 9.17) is 0 Å². The Balaban J connectivity index is 2.33. The van der Waals surface area contributed by atoms with Crippen molar-refractivity contribution in [2.24, 2.45) is 0 Å². The zero-order valence-electron chi connectivity index (χ0n) is 10.1. The van der Waals surface area contributed by atoms with Gasteiger partial charge in [-0.15, -0.1) is 0 Å². The first-order chi connectivity index (χ1) is 7.56. The maximum absolute atomic E-state index is 11.9. The van der Waals surface area contributed by atoms with Crippen molar-refractivity contribution in [2.75, 3.05) is 36.9 Å². The van der Waals surface area contributed by atoms with Crippen LogP contribution < -0.4 is 5.32 Å². The van der Waals surface area contributed by atoms with Crippen LogP contribution in [0.1, 0.15) is 20.3 Å². The van der Waals surface area contributed by atoms with Crippen LogP contribution in [0, 0.1) is 0 Å². The molecule has 0 aromatic rings. The summed E-state index contributed by atoms with van der Waals surface area (Å²) in [5.74, 6) is 2.08. The van der Waals surface area contributed by atoms with Crippen molar-refractivity contribution < 1.29 is 8.42 Å². The van der Waals surface area contributed by atoms with Crippen LogP contribution in [0.3, 0.4) is 0 Å². The number of thioether (sulfide) groups is 1. The molecule has 0 saturated carbocycles. The molecule has 0 bridgehead atoms. The summed E-state index contributed by atoms with van der Waals surface area (Å²) < 4.78 is 25.5. The molecule has 1 atom stereocenters. The molecule has 0 spiro atoms. The summed E-state index contributed by atoms with van der Waals surface area (Å²) in [6.07, 6.45) is 1.03. The number of nitrogens with one attached hydrogen (secondary N) is 1. The molecule has 6 heteroatoms. The molecule has 16 heavy (non-hydrogen) atoms. The van der Waals surface area contributed by atoms with E-state index in [9.17, 15) is 8.42 Å². The molecule has 0 aromatic heterocycles. The Kier molecular flexibility index (Phi) is 6.10. The highest BCUT2D eigenvalue weighted by molar-refractivity contribution is 7.99. The van der Waals surface area contributed by atoms with Gasteiger partial charge in [-0.2, -0.15) is 11.8 Å². The van der Waals surface area contributed by atoms with Crippen LogP contribution in [-0.4, -0.2) is 55.7 Å². The second kappa shape index (κ2) is 6.83. The minimum Gasteiger partial charge on any atom is -0.313 e. The normalized spacial score (nSPS) is 20.9. The van der Waals surface area contributed by atoms with Gasteiger partial charge in [0.25, 0.3) is 0 Å². The highest BCUT2D eigenvalue weighted by atomic mass is 32.2. The van der Waals surface area contributed by atoms with Crippen molar-refractivity contribution >= 4 is 21.8 Å². The van der Waals surface area contributed by atoms with Crippen LogP contribution in [0.25, 0.3) is 0 Å². The number of rotatable bonds is 6. The monoisotopic (exact) mass is 266 g/mol. The quantitative estimate of drug-likeness (QED) is 0.771. The summed E-state index contributed by atoms with van der Waals surface area (Å²) in [6.45, 7) is 6.08. The standard InChI is InChI=1S/C10H22N2O2S2/c1-3-10(2)11-4-9-16(13,14)12-5-7-15-8-6-12/h10-11H,3-9H2,1-2H3. The average Bonchev–Trinajstić information content (AvgIpc) is 2.30. The molecule has 96 valence electrons. The Morgan fingerprint density at radius 1 is 1.38 bits per heavy atom. The fourth-order valence-corrected chi connectivity index (χ4v) is 4.04. The molecule has 1 fully saturated rings. The molecule has 1 aliphatic heterocycles. The largest absolute Gasteiger partial charge is 0.313 e. The van der Waals surface area contributed by atoms with E-state index in [0.717, 1.165) is 17.9 Å². The molecule has 0 aliphatic carbocycles. The highest BCUT2D eigenvalue weighted by Gasteiger charge is 2.23. The fourth-order valence-electron chi connectivity index (χ4n) is 1.53. The minimum atomic E-state index is -3.03. The van der Waals surface area contributed by atoms with Gasteiger partial charge in [0.15, 0.2) is 0 Å². The van der Waals surface area contributed by atoms with E-state index >= 15 is 0 Å². The van der Waals surface area contributed by atoms with Gasteiger partial charge < -0.3 is 5.32 Å². The summed E-state index contributed by atoms with van der Waals surface area (Å²) in [6, 6.07) is 0.395. The number of sulfonamides is 1. The first kappa shape index (κ1) is 14.3. The summed E-state index contributed by atoms with van der Waals surface area (Å²) in [5, 5.41) is 3.22. The molecular weight excluding hydrogens is 244 g/mol. The van der Waals surface area contributed by atoms with Gasteiger partial charge >= 0.3 is 0 Å². The summed E-state index contributed by atoms with van der Waals surface area (Å²) >= 11 is 1.83. The van der Waals surface area contributed by atoms with Crippen LogP contribution in [0.15, 0.2) is 0 Å². The Morgan fingerprint density at radius 3 is 2.56 bits per heavy atom. The van der Waals surface area contributed by atoms with E-state index in [2.05, 4.69) is 19.2 Å². The Hall–Kier alpha value is 0.220. The van der Waals surface area contributed by atoms with Crippen molar-refractivity contribution in [3.63, 3.8) is 0 Å². The predicted octanol–water partition coefficient (Wildman–Crippen LogP) is 0.753. The van der Waals surface area contributed by atoms with Gasteiger partial charge in [-0.3, -0.25) is 0 Å². The average molecular weight is 266 g/mol. The molecular formula is C10H22N2O2S2. The van der Waals surface area contributed by atoms with Gasteiger partial charge in [-0.25, -0.2) is 12.7 Å². The molecule has 1 unspecified atom stereocenters. The van der Waals surface area contributed by atoms with E-state index in [0.29, 0.717) is 25.7 Å². The van der Waals surface area contributed by atoms with Crippen LogP contribution in [0.5, 0.6) is 0 Å². The van der Waals surface area contributed by atoms with Crippen LogP contribution >= 0.6 is 11.8 Å². The van der Waals surface area contributed by atoms with Gasteiger partial charge in [-0.05, 0) is 13.3 Å². The Labute approximate surface area is 103 Å². The Bertz CT molecular complexity index is 287. The zero-order chi connectivity index (χ0) is 12.0. The van der Waals surface area contributed by atoms with Crippen LogP contribution in [0.4, 0.5) is 0 Å². The van der Waals surface area contributed by atoms with Gasteiger partial charge in [0, 0.05) is 37.2 Å². The molecule has 1 N–H and O–H groups in total. The third kappa shape index (κ3) is 4.61. The molecule has 1 saturated heterocycles. The lowest BCUT2D eigenvalue weighted by Gasteiger charge is -2.25. The second-order valence-corrected chi connectivity index (χ2v) is 7.40. The second-order valence-electron chi connectivity index (χ2n) is 4.09. The van der Waals surface area contributed by atoms with E-state index in [1.54, 1.807) is 4.31 Å². The maximum Gasteiger partial charge on any atom is 0.215 e. The molecule has 0 aromatic carbocycles. The molecule has 1 aliphatic rings. The van der Waals surface area contributed by atoms with Crippen molar-refractivity contribution in [3.05, 3.63) is 0 Å². The summed E-state index contributed by atoms with van der Waals surface area (Å²) in [7, 11) is -3.03. The van der Waals surface area contributed by atoms with Gasteiger partial charge in [0.1, 0.15) is 0 Å². The topological polar surface area (TPSA) is 49.4 Å². The number of hydrogen-bond acceptors (Lipinski definition) is 4. The number of nitrogens with zero attached hydrogens (tertiary/aromatic N) is 1. The van der Waals surface area contributed by atoms with Crippen LogP contribution in [0.2, 0.25) is 0 Å². The summed E-state index contributed by atoms with van der Waals surface area (Å²) in [5.41, 5.74) is 0. The molecule has 1 rings (SSSR count). The van der Waals surface area contributed by atoms with Gasteiger partial charge in [0.05, 0.1) is 5.75 Å². The number of hydrogen-bond donors (Lipinski definition) is 1. The SMILES string of the molecule is CCC(C)NCCS(=O)(=O)N1CCSCC1. The van der Waals surface area contributed by atoms with Crippen LogP contribution in [-0.2, 0) is 10.0 Å². The predicted molar refractivity (Wildman–Crippen MR) is 70.4 cm³/mol. The van der Waals surface area contributed by atoms with Crippen molar-refractivity contribution in [1.29, 1.82) is 0 Å². The maximum atomic E-state index is 11.9. The fraction of sp³-hybridized carbons (Fsp3) is 1.00. The first-order valence-electron chi connectivity index (χ1n) is 5.85. The lowest BCUT2D eigenvalue weighted by Crippen LogP contribution is -2.42. The van der Waals surface area contributed by atoms with E-state index in [-0.39, 0.29) is 5.75 Å². The zero-order valence-corrected chi connectivity index (χ0v) is 11.7. The Morgan fingerprint density at radius 2 is 2.00 bits per heavy atom. The van der Waals surface area contributed by atoms with Crippen molar-refractivity contribution in [3.8, 4) is 0 Å². The minimum absolute atomic E-state index is 0.224. The van der Waals surface area contributed by atoms with Crippen molar-refractivity contribution in [1.82, 2.24) is 9.62 Å².